The van der Waals surface area contributed by atoms with Crippen molar-refractivity contribution in [3.8, 4) is 11.5 Å². The van der Waals surface area contributed by atoms with E-state index in [1.807, 2.05) is 0 Å². The van der Waals surface area contributed by atoms with Crippen molar-refractivity contribution in [2.75, 3.05) is 19.1 Å². The number of hydrogen-bond donors (Lipinski definition) is 3. The summed E-state index contributed by atoms with van der Waals surface area (Å²) in [4.78, 5) is 12.3. The van der Waals surface area contributed by atoms with Gasteiger partial charge in [-0.1, -0.05) is 6.42 Å². The van der Waals surface area contributed by atoms with Crippen LogP contribution in [0.3, 0.4) is 0 Å². The minimum absolute atomic E-state index is 0.0114. The van der Waals surface area contributed by atoms with Crippen molar-refractivity contribution >= 4 is 11.6 Å². The third-order valence-corrected chi connectivity index (χ3v) is 4.00. The number of ether oxygens (including phenoxy) is 2. The Kier molecular flexibility index (Phi) is 3.40. The van der Waals surface area contributed by atoms with Crippen LogP contribution in [0.1, 0.15) is 29.6 Å². The smallest absolute Gasteiger partial charge is 0.253 e. The van der Waals surface area contributed by atoms with Gasteiger partial charge < -0.3 is 25.6 Å². The van der Waals surface area contributed by atoms with Gasteiger partial charge in [-0.3, -0.25) is 4.79 Å². The van der Waals surface area contributed by atoms with Crippen LogP contribution in [0.2, 0.25) is 0 Å². The zero-order valence-corrected chi connectivity index (χ0v) is 11.1. The van der Waals surface area contributed by atoms with Gasteiger partial charge in [0.25, 0.3) is 5.91 Å². The van der Waals surface area contributed by atoms with E-state index in [9.17, 15) is 9.90 Å². The second-order valence-corrected chi connectivity index (χ2v) is 5.25. The van der Waals surface area contributed by atoms with E-state index in [2.05, 4.69) is 5.32 Å². The molecule has 108 valence electrons. The van der Waals surface area contributed by atoms with Gasteiger partial charge in [0.15, 0.2) is 11.5 Å². The maximum atomic E-state index is 12.3. The fourth-order valence-electron chi connectivity index (χ4n) is 2.85. The number of fused-ring (bicyclic) bond motifs is 1. The lowest BCUT2D eigenvalue weighted by Crippen LogP contribution is -2.38. The number of hydrogen-bond acceptors (Lipinski definition) is 5. The lowest BCUT2D eigenvalue weighted by molar-refractivity contribution is 0.0916. The van der Waals surface area contributed by atoms with E-state index in [0.29, 0.717) is 22.7 Å². The van der Waals surface area contributed by atoms with E-state index >= 15 is 0 Å². The standard InChI is InChI=1S/C14H18N2O4/c15-10-5-13-12(19-7-20-13)4-9(10)14(18)16-11-3-1-2-8(11)6-17/h4-5,8,11,17H,1-3,6-7,15H2,(H,16,18). The predicted molar refractivity (Wildman–Crippen MR) is 72.7 cm³/mol. The molecule has 4 N–H and O–H groups in total. The summed E-state index contributed by atoms with van der Waals surface area (Å²) in [6.45, 7) is 0.247. The van der Waals surface area contributed by atoms with Gasteiger partial charge >= 0.3 is 0 Å². The summed E-state index contributed by atoms with van der Waals surface area (Å²) in [6, 6.07) is 3.23. The highest BCUT2D eigenvalue weighted by molar-refractivity contribution is 6.00. The molecule has 1 heterocycles. The first kappa shape index (κ1) is 13.1. The summed E-state index contributed by atoms with van der Waals surface area (Å²) in [7, 11) is 0. The zero-order chi connectivity index (χ0) is 14.1. The molecular weight excluding hydrogens is 260 g/mol. The Labute approximate surface area is 116 Å². The number of rotatable bonds is 3. The Morgan fingerprint density at radius 2 is 2.10 bits per heavy atom. The van der Waals surface area contributed by atoms with Crippen molar-refractivity contribution in [1.29, 1.82) is 0 Å². The van der Waals surface area contributed by atoms with Crippen molar-refractivity contribution < 1.29 is 19.4 Å². The maximum Gasteiger partial charge on any atom is 0.253 e. The molecule has 2 unspecified atom stereocenters. The van der Waals surface area contributed by atoms with Gasteiger partial charge in [0.05, 0.1) is 5.56 Å². The Morgan fingerprint density at radius 3 is 2.85 bits per heavy atom. The summed E-state index contributed by atoms with van der Waals surface area (Å²) in [6.07, 6.45) is 2.85. The zero-order valence-electron chi connectivity index (χ0n) is 11.1. The molecule has 0 aromatic heterocycles. The van der Waals surface area contributed by atoms with E-state index in [4.69, 9.17) is 15.2 Å². The number of carbonyl (C=O) groups excluding carboxylic acids is 1. The van der Waals surface area contributed by atoms with E-state index in [1.54, 1.807) is 12.1 Å². The predicted octanol–water partition coefficient (Wildman–Crippen LogP) is 0.888. The molecule has 1 aliphatic heterocycles. The molecule has 3 rings (SSSR count). The molecule has 1 fully saturated rings. The molecule has 1 aromatic carbocycles. The summed E-state index contributed by atoms with van der Waals surface area (Å²) in [5.74, 6) is 1.00. The van der Waals surface area contributed by atoms with Gasteiger partial charge in [-0.15, -0.1) is 0 Å². The number of nitrogen functional groups attached to an aromatic ring is 1. The van der Waals surface area contributed by atoms with E-state index < -0.39 is 0 Å². The first-order valence-electron chi connectivity index (χ1n) is 6.80. The number of aliphatic hydroxyl groups is 1. The average Bonchev–Trinajstić information content (AvgIpc) is 3.05. The fourth-order valence-corrected chi connectivity index (χ4v) is 2.85. The van der Waals surface area contributed by atoms with Gasteiger partial charge in [-0.2, -0.15) is 0 Å². The van der Waals surface area contributed by atoms with Gasteiger partial charge in [0, 0.05) is 30.3 Å². The molecule has 1 amide bonds. The fraction of sp³-hybridized carbons (Fsp3) is 0.500. The monoisotopic (exact) mass is 278 g/mol. The number of nitrogens with one attached hydrogen (secondary N) is 1. The summed E-state index contributed by atoms with van der Waals surface area (Å²) in [5.41, 5.74) is 6.64. The summed E-state index contributed by atoms with van der Waals surface area (Å²) in [5, 5.41) is 12.2. The minimum Gasteiger partial charge on any atom is -0.454 e. The highest BCUT2D eigenvalue weighted by Crippen LogP contribution is 2.36. The van der Waals surface area contributed by atoms with Crippen molar-refractivity contribution in [3.05, 3.63) is 17.7 Å². The number of nitrogens with two attached hydrogens (primary N) is 1. The van der Waals surface area contributed by atoms with Gasteiger partial charge in [-0.25, -0.2) is 0 Å². The highest BCUT2D eigenvalue weighted by atomic mass is 16.7. The van der Waals surface area contributed by atoms with Crippen LogP contribution in [0.5, 0.6) is 11.5 Å². The van der Waals surface area contributed by atoms with Crippen LogP contribution in [0.15, 0.2) is 12.1 Å². The molecule has 6 nitrogen and oxygen atoms in total. The van der Waals surface area contributed by atoms with Gasteiger partial charge in [0.2, 0.25) is 6.79 Å². The normalized spacial score (nSPS) is 23.9. The Bertz CT molecular complexity index is 532. The van der Waals surface area contributed by atoms with Crippen LogP contribution in [-0.4, -0.2) is 30.5 Å². The molecule has 0 radical (unpaired) electrons. The SMILES string of the molecule is Nc1cc2c(cc1C(=O)NC1CCCC1CO)OCO2. The first-order chi connectivity index (χ1) is 9.69. The Morgan fingerprint density at radius 1 is 1.35 bits per heavy atom. The Hall–Kier alpha value is -1.95. The average molecular weight is 278 g/mol. The second kappa shape index (κ2) is 5.20. The molecule has 0 bridgehead atoms. The molecule has 6 heteroatoms. The molecule has 1 aliphatic carbocycles. The van der Waals surface area contributed by atoms with Crippen molar-refractivity contribution in [1.82, 2.24) is 5.32 Å². The molecule has 0 saturated heterocycles. The van der Waals surface area contributed by atoms with Crippen LogP contribution < -0.4 is 20.5 Å². The van der Waals surface area contributed by atoms with E-state index in [0.717, 1.165) is 19.3 Å². The van der Waals surface area contributed by atoms with Crippen molar-refractivity contribution in [2.24, 2.45) is 5.92 Å². The van der Waals surface area contributed by atoms with Crippen LogP contribution in [-0.2, 0) is 0 Å². The molecule has 1 saturated carbocycles. The Balaban J connectivity index is 1.77. The van der Waals surface area contributed by atoms with Crippen LogP contribution >= 0.6 is 0 Å². The summed E-state index contributed by atoms with van der Waals surface area (Å²) < 4.78 is 10.5. The number of anilines is 1. The number of aliphatic hydroxyl groups excluding tert-OH is 1. The van der Waals surface area contributed by atoms with Crippen molar-refractivity contribution in [3.63, 3.8) is 0 Å². The maximum absolute atomic E-state index is 12.3. The highest BCUT2D eigenvalue weighted by Gasteiger charge is 2.29. The molecule has 2 aliphatic rings. The molecule has 2 atom stereocenters. The largest absolute Gasteiger partial charge is 0.454 e. The topological polar surface area (TPSA) is 93.8 Å². The molecule has 1 aromatic rings. The first-order valence-corrected chi connectivity index (χ1v) is 6.80. The third-order valence-electron chi connectivity index (χ3n) is 4.00. The van der Waals surface area contributed by atoms with Crippen molar-refractivity contribution in [2.45, 2.75) is 25.3 Å². The van der Waals surface area contributed by atoms with E-state index in [1.165, 1.54) is 0 Å². The van der Waals surface area contributed by atoms with E-state index in [-0.39, 0.29) is 31.3 Å². The molecule has 20 heavy (non-hydrogen) atoms. The number of benzene rings is 1. The molecule has 0 spiro atoms. The molecular formula is C14H18N2O4. The van der Waals surface area contributed by atoms with Crippen LogP contribution in [0, 0.1) is 5.92 Å². The van der Waals surface area contributed by atoms with Gasteiger partial charge in [-0.05, 0) is 18.9 Å². The van der Waals surface area contributed by atoms with Crippen LogP contribution in [0.4, 0.5) is 5.69 Å². The second-order valence-electron chi connectivity index (χ2n) is 5.25. The third kappa shape index (κ3) is 2.27. The van der Waals surface area contributed by atoms with Gasteiger partial charge in [0.1, 0.15) is 0 Å². The lowest BCUT2D eigenvalue weighted by Gasteiger charge is -2.19. The number of carbonyl (C=O) groups is 1. The quantitative estimate of drug-likeness (QED) is 0.714. The number of amides is 1. The minimum atomic E-state index is -0.230. The summed E-state index contributed by atoms with van der Waals surface area (Å²) >= 11 is 0. The lowest BCUT2D eigenvalue weighted by atomic mass is 10.0. The van der Waals surface area contributed by atoms with Crippen LogP contribution in [0.25, 0.3) is 0 Å².